The van der Waals surface area contributed by atoms with Crippen molar-refractivity contribution < 1.29 is 14.3 Å². The molecule has 1 aromatic heterocycles. The second kappa shape index (κ2) is 9.23. The van der Waals surface area contributed by atoms with Crippen molar-refractivity contribution in [3.05, 3.63) is 64.2 Å². The number of anilines is 2. The summed E-state index contributed by atoms with van der Waals surface area (Å²) in [6.07, 6.45) is 0. The Balaban J connectivity index is 1.71. The maximum Gasteiger partial charge on any atom is 0.267 e. The molecule has 1 amide bonds. The Morgan fingerprint density at radius 1 is 1.12 bits per heavy atom. The minimum absolute atomic E-state index is 0.154. The van der Waals surface area contributed by atoms with E-state index in [0.717, 1.165) is 26.2 Å². The number of aromatic hydroxyl groups is 1. The van der Waals surface area contributed by atoms with Gasteiger partial charge in [0.15, 0.2) is 0 Å². The van der Waals surface area contributed by atoms with E-state index in [0.29, 0.717) is 23.1 Å². The number of rotatable bonds is 5. The van der Waals surface area contributed by atoms with Gasteiger partial charge in [0, 0.05) is 49.5 Å². The van der Waals surface area contributed by atoms with Crippen LogP contribution in [0, 0.1) is 11.7 Å². The van der Waals surface area contributed by atoms with E-state index in [1.54, 1.807) is 30.3 Å². The summed E-state index contributed by atoms with van der Waals surface area (Å²) >= 11 is 0. The molecule has 2 heterocycles. The van der Waals surface area contributed by atoms with Crippen molar-refractivity contribution in [2.75, 3.05) is 43.4 Å². The Labute approximate surface area is 192 Å². The van der Waals surface area contributed by atoms with Crippen LogP contribution in [-0.2, 0) is 6.54 Å². The van der Waals surface area contributed by atoms with Gasteiger partial charge in [-0.3, -0.25) is 9.59 Å². The zero-order valence-electron chi connectivity index (χ0n) is 19.1. The molecule has 33 heavy (non-hydrogen) atoms. The monoisotopic (exact) mass is 452 g/mol. The quantitative estimate of drug-likeness (QED) is 0.620. The minimum atomic E-state index is -0.768. The maximum absolute atomic E-state index is 14.4. The predicted octanol–water partition coefficient (Wildman–Crippen LogP) is 3.51. The number of amides is 1. The van der Waals surface area contributed by atoms with Gasteiger partial charge in [-0.25, -0.2) is 4.39 Å². The van der Waals surface area contributed by atoms with Gasteiger partial charge in [0.1, 0.15) is 17.1 Å². The highest BCUT2D eigenvalue weighted by Crippen LogP contribution is 2.28. The van der Waals surface area contributed by atoms with E-state index in [-0.39, 0.29) is 22.9 Å². The van der Waals surface area contributed by atoms with Crippen molar-refractivity contribution in [2.45, 2.75) is 20.4 Å². The van der Waals surface area contributed by atoms with Gasteiger partial charge in [-0.2, -0.15) is 0 Å². The largest absolute Gasteiger partial charge is 0.506 e. The summed E-state index contributed by atoms with van der Waals surface area (Å²) in [7, 11) is 2.04. The van der Waals surface area contributed by atoms with Crippen molar-refractivity contribution in [2.24, 2.45) is 5.92 Å². The highest BCUT2D eigenvalue weighted by atomic mass is 19.1. The summed E-state index contributed by atoms with van der Waals surface area (Å²) in [5, 5.41) is 13.9. The second-order valence-corrected chi connectivity index (χ2v) is 8.99. The molecule has 0 spiro atoms. The maximum atomic E-state index is 14.4. The summed E-state index contributed by atoms with van der Waals surface area (Å²) in [4.78, 5) is 30.6. The highest BCUT2D eigenvalue weighted by Gasteiger charge is 2.23. The molecule has 2 N–H and O–H groups in total. The first-order valence-corrected chi connectivity index (χ1v) is 11.1. The van der Waals surface area contributed by atoms with Gasteiger partial charge in [0.2, 0.25) is 0 Å². The number of para-hydroxylation sites is 1. The fourth-order valence-corrected chi connectivity index (χ4v) is 4.23. The van der Waals surface area contributed by atoms with Gasteiger partial charge in [0.05, 0.1) is 5.52 Å². The van der Waals surface area contributed by atoms with E-state index in [9.17, 15) is 19.1 Å². The van der Waals surface area contributed by atoms with Gasteiger partial charge >= 0.3 is 0 Å². The first-order chi connectivity index (χ1) is 15.7. The molecule has 1 aliphatic rings. The van der Waals surface area contributed by atoms with Gasteiger partial charge < -0.3 is 24.8 Å². The average molecular weight is 453 g/mol. The summed E-state index contributed by atoms with van der Waals surface area (Å²) < 4.78 is 15.9. The number of hydrogen-bond donors (Lipinski definition) is 2. The molecule has 8 heteroatoms. The molecule has 0 aliphatic carbocycles. The van der Waals surface area contributed by atoms with Gasteiger partial charge in [-0.15, -0.1) is 0 Å². The number of hydrogen-bond acceptors (Lipinski definition) is 5. The van der Waals surface area contributed by atoms with E-state index >= 15 is 0 Å². The molecule has 0 bridgehead atoms. The molecule has 0 radical (unpaired) electrons. The molecule has 0 saturated carbocycles. The van der Waals surface area contributed by atoms with Crippen LogP contribution in [0.1, 0.15) is 24.2 Å². The van der Waals surface area contributed by atoms with Gasteiger partial charge in [-0.05, 0) is 43.3 Å². The number of nitrogens with one attached hydrogen (secondary N) is 1. The van der Waals surface area contributed by atoms with Crippen LogP contribution < -0.4 is 15.8 Å². The van der Waals surface area contributed by atoms with Crippen LogP contribution in [-0.4, -0.2) is 53.7 Å². The van der Waals surface area contributed by atoms with Crippen molar-refractivity contribution in [3.63, 3.8) is 0 Å². The molecule has 174 valence electrons. The topological polar surface area (TPSA) is 77.8 Å². The normalized spacial score (nSPS) is 14.8. The molecule has 7 nitrogen and oxygen atoms in total. The average Bonchev–Trinajstić information content (AvgIpc) is 2.76. The lowest BCUT2D eigenvalue weighted by molar-refractivity contribution is 0.102. The van der Waals surface area contributed by atoms with Crippen LogP contribution in [0.5, 0.6) is 5.75 Å². The van der Waals surface area contributed by atoms with Crippen molar-refractivity contribution in [1.29, 1.82) is 0 Å². The number of likely N-dealkylation sites (N-methyl/N-ethyl adjacent to an activating group) is 1. The van der Waals surface area contributed by atoms with Crippen molar-refractivity contribution in [3.8, 4) is 5.75 Å². The third-order valence-corrected chi connectivity index (χ3v) is 5.93. The predicted molar refractivity (Wildman–Crippen MR) is 129 cm³/mol. The Morgan fingerprint density at radius 3 is 2.52 bits per heavy atom. The molecule has 2 aromatic carbocycles. The molecule has 1 aliphatic heterocycles. The van der Waals surface area contributed by atoms with E-state index in [4.69, 9.17) is 0 Å². The summed E-state index contributed by atoms with van der Waals surface area (Å²) in [6.45, 7) is 7.56. The fourth-order valence-electron chi connectivity index (χ4n) is 4.23. The number of fused-ring (bicyclic) bond motifs is 1. The minimum Gasteiger partial charge on any atom is -0.506 e. The SMILES string of the molecule is CC(C)Cn1c(=O)c(C(=O)Nc2cc(F)cc(N3CCN(C)CC3)c2)c(O)c2ccccc21. The van der Waals surface area contributed by atoms with Crippen LogP contribution in [0.4, 0.5) is 15.8 Å². The first kappa shape index (κ1) is 22.8. The lowest BCUT2D eigenvalue weighted by Crippen LogP contribution is -2.44. The first-order valence-electron chi connectivity index (χ1n) is 11.1. The lowest BCUT2D eigenvalue weighted by Gasteiger charge is -2.34. The Kier molecular flexibility index (Phi) is 6.37. The summed E-state index contributed by atoms with van der Waals surface area (Å²) in [5.41, 5.74) is 0.538. The Hall–Kier alpha value is -3.39. The van der Waals surface area contributed by atoms with Gasteiger partial charge in [-0.1, -0.05) is 26.0 Å². The number of aromatic nitrogens is 1. The summed E-state index contributed by atoms with van der Waals surface area (Å²) in [6, 6.07) is 11.3. The summed E-state index contributed by atoms with van der Waals surface area (Å²) in [5.74, 6) is -1.47. The van der Waals surface area contributed by atoms with E-state index < -0.39 is 17.3 Å². The number of carbonyl (C=O) groups is 1. The molecule has 4 rings (SSSR count). The number of pyridine rings is 1. The standard InChI is InChI=1S/C25H29FN4O3/c1-16(2)15-30-21-7-5-4-6-20(21)23(31)22(25(30)33)24(32)27-18-12-17(26)13-19(14-18)29-10-8-28(3)9-11-29/h4-7,12-14,16,31H,8-11,15H2,1-3H3,(H,27,32). The molecular formula is C25H29FN4O3. The van der Waals surface area contributed by atoms with Crippen LogP contribution in [0.3, 0.4) is 0 Å². The van der Waals surface area contributed by atoms with E-state index in [2.05, 4.69) is 15.1 Å². The molecule has 3 aromatic rings. The second-order valence-electron chi connectivity index (χ2n) is 8.99. The smallest absolute Gasteiger partial charge is 0.267 e. The molecule has 0 unspecified atom stereocenters. The van der Waals surface area contributed by atoms with Crippen molar-refractivity contribution >= 4 is 28.2 Å². The number of halogens is 1. The van der Waals surface area contributed by atoms with Crippen LogP contribution in [0.2, 0.25) is 0 Å². The molecular weight excluding hydrogens is 423 g/mol. The third-order valence-electron chi connectivity index (χ3n) is 5.93. The number of nitrogens with zero attached hydrogens (tertiary/aromatic N) is 3. The van der Waals surface area contributed by atoms with Crippen molar-refractivity contribution in [1.82, 2.24) is 9.47 Å². The van der Waals surface area contributed by atoms with Gasteiger partial charge in [0.25, 0.3) is 11.5 Å². The Morgan fingerprint density at radius 2 is 1.82 bits per heavy atom. The third kappa shape index (κ3) is 4.71. The lowest BCUT2D eigenvalue weighted by atomic mass is 10.1. The molecule has 0 atom stereocenters. The molecule has 1 fully saturated rings. The zero-order chi connectivity index (χ0) is 23.7. The number of benzene rings is 2. The van der Waals surface area contributed by atoms with Crippen LogP contribution in [0.25, 0.3) is 10.9 Å². The molecule has 1 saturated heterocycles. The zero-order valence-corrected chi connectivity index (χ0v) is 19.1. The van der Waals surface area contributed by atoms with Crippen LogP contribution >= 0.6 is 0 Å². The van der Waals surface area contributed by atoms with E-state index in [1.165, 1.54) is 16.7 Å². The van der Waals surface area contributed by atoms with Crippen LogP contribution in [0.15, 0.2) is 47.3 Å². The Bertz CT molecular complexity index is 1250. The number of piperazine rings is 1. The highest BCUT2D eigenvalue weighted by molar-refractivity contribution is 6.09. The van der Waals surface area contributed by atoms with E-state index in [1.807, 2.05) is 20.9 Å². The number of carbonyl (C=O) groups excluding carboxylic acids is 1. The fraction of sp³-hybridized carbons (Fsp3) is 0.360.